The van der Waals surface area contributed by atoms with Crippen molar-refractivity contribution in [2.24, 2.45) is 5.41 Å². The highest BCUT2D eigenvalue weighted by Crippen LogP contribution is 2.70. The van der Waals surface area contributed by atoms with Gasteiger partial charge in [-0.15, -0.1) is 0 Å². The number of esters is 5. The van der Waals surface area contributed by atoms with Crippen molar-refractivity contribution in [1.29, 1.82) is 0 Å². The molecule has 6 bridgehead atoms. The third kappa shape index (κ3) is 6.65. The number of carbonyl (C=O) groups is 5. The summed E-state index contributed by atoms with van der Waals surface area (Å²) in [6.07, 6.45) is -22.0. The predicted octanol–water partition coefficient (Wildman–Crippen LogP) is -3.01. The van der Waals surface area contributed by atoms with E-state index in [0.717, 1.165) is 0 Å². The SMILES string of the molecule is O=C(OC1OC2COC(=O)c3cc(O)c(O)c(O)c3-c3c(cc(O)c(O)c3O)C(=O)OC3C2OC(=O)C24CC5OCC(O)C5OC2C(O)(O)C(O)(O)C2(O)Oc5c(cc(c(O)c5O)C(=O)OC13)C42)c1ccc(O)c(O)c1O. The lowest BCUT2D eigenvalue weighted by Gasteiger charge is -2.62. The normalized spacial score (nSPS) is 32.2. The van der Waals surface area contributed by atoms with E-state index < -0.39 is 241 Å². The fraction of sp³-hybridized carbons (Fsp3) is 0.370. The molecule has 4 aromatic carbocycles. The van der Waals surface area contributed by atoms with Crippen molar-refractivity contribution in [3.05, 3.63) is 58.1 Å². The molecule has 11 rings (SSSR count). The molecule has 31 heteroatoms. The van der Waals surface area contributed by atoms with Crippen molar-refractivity contribution in [1.82, 2.24) is 0 Å². The molecule has 6 aliphatic heterocycles. The van der Waals surface area contributed by atoms with Crippen LogP contribution in [-0.2, 0) is 42.7 Å². The van der Waals surface area contributed by atoms with Crippen molar-refractivity contribution >= 4 is 29.8 Å². The van der Waals surface area contributed by atoms with Crippen LogP contribution in [0.5, 0.6) is 69.0 Å². The van der Waals surface area contributed by atoms with Crippen molar-refractivity contribution < 1.29 is 153 Å². The Labute approximate surface area is 424 Å². The Morgan fingerprint density at radius 2 is 1.18 bits per heavy atom. The maximum absolute atomic E-state index is 15.9. The summed E-state index contributed by atoms with van der Waals surface area (Å²) in [5.74, 6) is -41.3. The summed E-state index contributed by atoms with van der Waals surface area (Å²) < 4.78 is 51.6. The number of fused-ring (bicyclic) bond motifs is 5. The molecule has 1 spiro atoms. The number of ether oxygens (including phenoxy) is 9. The summed E-state index contributed by atoms with van der Waals surface area (Å²) in [5.41, 5.74) is -10.9. The number of aromatic hydroxyl groups is 11. The zero-order chi connectivity index (χ0) is 55.7. The van der Waals surface area contributed by atoms with Gasteiger partial charge in [0.1, 0.15) is 47.6 Å². The van der Waals surface area contributed by atoms with Gasteiger partial charge in [-0.25, -0.2) is 19.2 Å². The van der Waals surface area contributed by atoms with Crippen LogP contribution in [0.2, 0.25) is 0 Å². The maximum atomic E-state index is 15.9. The maximum Gasteiger partial charge on any atom is 0.344 e. The quantitative estimate of drug-likeness (QED) is 0.0411. The van der Waals surface area contributed by atoms with Crippen LogP contribution in [0.15, 0.2) is 30.3 Å². The second-order valence-corrected chi connectivity index (χ2v) is 18.9. The molecule has 6 heterocycles. The van der Waals surface area contributed by atoms with Crippen LogP contribution in [-0.4, -0.2) is 202 Å². The molecule has 4 fully saturated rings. The highest BCUT2D eigenvalue weighted by atomic mass is 16.8. The topological polar surface area (TPSA) is 512 Å². The Morgan fingerprint density at radius 3 is 1.83 bits per heavy atom. The molecule has 3 saturated heterocycles. The fourth-order valence-corrected chi connectivity index (χ4v) is 11.0. The minimum Gasteiger partial charge on any atom is -0.504 e. The molecule has 77 heavy (non-hydrogen) atoms. The van der Waals surface area contributed by atoms with Gasteiger partial charge >= 0.3 is 29.8 Å². The number of phenols is 11. The number of hydrogen-bond acceptors (Lipinski definition) is 31. The summed E-state index contributed by atoms with van der Waals surface area (Å²) in [7, 11) is 0. The van der Waals surface area contributed by atoms with Gasteiger partial charge in [-0.05, 0) is 36.8 Å². The van der Waals surface area contributed by atoms with Gasteiger partial charge in [0, 0.05) is 16.7 Å². The third-order valence-electron chi connectivity index (χ3n) is 14.7. The van der Waals surface area contributed by atoms with Crippen molar-refractivity contribution in [3.8, 4) is 80.1 Å². The summed E-state index contributed by atoms with van der Waals surface area (Å²) in [4.78, 5) is 73.8. The van der Waals surface area contributed by atoms with Crippen LogP contribution in [0.3, 0.4) is 0 Å². The second kappa shape index (κ2) is 16.5. The van der Waals surface area contributed by atoms with Gasteiger partial charge in [0.15, 0.2) is 58.2 Å². The molecule has 1 aliphatic carbocycles. The highest BCUT2D eigenvalue weighted by molar-refractivity contribution is 6.08. The monoisotopic (exact) mass is 1090 g/mol. The molecule has 4 aromatic rings. The van der Waals surface area contributed by atoms with Gasteiger partial charge in [-0.1, -0.05) is 0 Å². The largest absolute Gasteiger partial charge is 0.504 e. The Kier molecular flexibility index (Phi) is 10.8. The van der Waals surface area contributed by atoms with E-state index in [-0.39, 0.29) is 0 Å². The summed E-state index contributed by atoms with van der Waals surface area (Å²) >= 11 is 0. The molecule has 12 unspecified atom stereocenters. The molecular weight excluding hydrogens is 1050 g/mol. The van der Waals surface area contributed by atoms with E-state index in [1.54, 1.807) is 0 Å². The Bertz CT molecular complexity index is 3310. The number of cyclic esters (lactones) is 1. The van der Waals surface area contributed by atoms with Crippen LogP contribution in [0.1, 0.15) is 59.3 Å². The standard InChI is InChI=1S/C46H38O31/c47-14-2-1-9(22(51)24(14)53)37(60)76-40-34-33-32(19(71-40)8-70-36(59)10-4-15(48)25(54)27(56)20(10)21-11(38(61)72-33)5-16(49)26(55)28(21)57)75-42(63)43-6-18-31(17(50)7-69-18)74-41(43)44(64,65)46(67,68)45(66)35(43)13-3-12(39(62)73-34)23(52)29(58)30(13)77-45/h1-5,17-19,31-35,40-41,47-58,64-68H,6-8H2. The number of carbonyl (C=O) groups excluding carboxylic acids is 5. The number of phenolic OH excluding ortho intramolecular Hbond substituents is 11. The highest BCUT2D eigenvalue weighted by Gasteiger charge is 2.87. The second-order valence-electron chi connectivity index (χ2n) is 18.9. The molecule has 31 nitrogen and oxygen atoms in total. The zero-order valence-corrected chi connectivity index (χ0v) is 38.1. The van der Waals surface area contributed by atoms with Crippen LogP contribution in [0.25, 0.3) is 11.1 Å². The minimum atomic E-state index is -4.48. The molecule has 0 radical (unpaired) electrons. The Hall–Kier alpha value is -8.53. The summed E-state index contributed by atoms with van der Waals surface area (Å²) in [6, 6.07) is 2.64. The zero-order valence-electron chi connectivity index (χ0n) is 38.1. The first kappa shape index (κ1) is 50.6. The fourth-order valence-electron chi connectivity index (χ4n) is 11.0. The number of aliphatic hydroxyl groups excluding tert-OH is 1. The van der Waals surface area contributed by atoms with E-state index in [0.29, 0.717) is 30.3 Å². The molecule has 0 amide bonds. The number of aliphatic hydroxyl groups is 6. The van der Waals surface area contributed by atoms with Crippen LogP contribution < -0.4 is 4.74 Å². The lowest BCUT2D eigenvalue weighted by molar-refractivity contribution is -0.501. The van der Waals surface area contributed by atoms with Gasteiger partial charge in [0.05, 0.1) is 29.8 Å². The van der Waals surface area contributed by atoms with E-state index in [4.69, 9.17) is 42.6 Å². The Morgan fingerprint density at radius 1 is 0.584 bits per heavy atom. The lowest BCUT2D eigenvalue weighted by Crippen LogP contribution is -2.85. The van der Waals surface area contributed by atoms with Crippen LogP contribution >= 0.6 is 0 Å². The van der Waals surface area contributed by atoms with Gasteiger partial charge < -0.3 is 129 Å². The van der Waals surface area contributed by atoms with E-state index in [2.05, 4.69) is 0 Å². The van der Waals surface area contributed by atoms with Crippen molar-refractivity contribution in [2.45, 2.75) is 84.8 Å². The number of hydrogen-bond donors (Lipinski definition) is 17. The molecule has 7 aliphatic rings. The molecule has 0 aromatic heterocycles. The molecule has 1 saturated carbocycles. The van der Waals surface area contributed by atoms with Gasteiger partial charge in [-0.3, -0.25) is 4.79 Å². The van der Waals surface area contributed by atoms with E-state index in [9.17, 15) is 106 Å². The number of benzene rings is 4. The summed E-state index contributed by atoms with van der Waals surface area (Å²) in [6.45, 7) is -2.02. The third-order valence-corrected chi connectivity index (χ3v) is 14.7. The van der Waals surface area contributed by atoms with Gasteiger partial charge in [0.25, 0.3) is 17.4 Å². The molecular formula is C46H38O31. The average Bonchev–Trinajstić information content (AvgIpc) is 3.22. The van der Waals surface area contributed by atoms with E-state index in [1.165, 1.54) is 0 Å². The first-order valence-electron chi connectivity index (χ1n) is 22.4. The van der Waals surface area contributed by atoms with E-state index >= 15 is 4.79 Å². The molecule has 408 valence electrons. The molecule has 12 atom stereocenters. The Balaban J connectivity index is 1.17. The van der Waals surface area contributed by atoms with Crippen molar-refractivity contribution in [3.63, 3.8) is 0 Å². The van der Waals surface area contributed by atoms with Crippen molar-refractivity contribution in [2.75, 3.05) is 13.2 Å². The number of rotatable bonds is 2. The van der Waals surface area contributed by atoms with E-state index in [1.807, 2.05) is 0 Å². The van der Waals surface area contributed by atoms with Gasteiger partial charge in [-0.2, -0.15) is 0 Å². The lowest BCUT2D eigenvalue weighted by atomic mass is 9.52. The van der Waals surface area contributed by atoms with Crippen LogP contribution in [0.4, 0.5) is 0 Å². The predicted molar refractivity (Wildman–Crippen MR) is 230 cm³/mol. The minimum absolute atomic E-state index is 0.325. The van der Waals surface area contributed by atoms with Crippen LogP contribution in [0, 0.1) is 5.41 Å². The smallest absolute Gasteiger partial charge is 0.344 e. The average molecular weight is 1090 g/mol. The molecule has 17 N–H and O–H groups in total. The summed E-state index contributed by atoms with van der Waals surface area (Å²) in [5, 5.41) is 190. The van der Waals surface area contributed by atoms with Gasteiger partial charge in [0.2, 0.25) is 35.4 Å². The first-order valence-corrected chi connectivity index (χ1v) is 22.4. The first-order chi connectivity index (χ1) is 36.1.